The molecule has 2 aromatic heterocycles. The maximum Gasteiger partial charge on any atom is 0.255 e. The number of halogens is 2. The Morgan fingerprint density at radius 1 is 1.23 bits per heavy atom. The molecular weight excluding hydrogens is 427 g/mol. The van der Waals surface area contributed by atoms with Crippen molar-refractivity contribution in [2.24, 2.45) is 0 Å². The van der Waals surface area contributed by atoms with Crippen LogP contribution in [0.5, 0.6) is 0 Å². The van der Waals surface area contributed by atoms with E-state index in [-0.39, 0.29) is 17.1 Å². The van der Waals surface area contributed by atoms with Crippen LogP contribution < -0.4 is 10.6 Å². The number of fused-ring (bicyclic) bond motifs is 1. The van der Waals surface area contributed by atoms with E-state index in [2.05, 4.69) is 39.5 Å². The SMILES string of the molecule is CCCNc1nc(SCCC)nc2c1cnn2CCNC(=O)c1c(F)cccc1Cl. The lowest BCUT2D eigenvalue weighted by molar-refractivity contribution is 0.0948. The van der Waals surface area contributed by atoms with Crippen LogP contribution in [0.2, 0.25) is 5.02 Å². The van der Waals surface area contributed by atoms with Crippen molar-refractivity contribution in [1.29, 1.82) is 0 Å². The number of nitrogens with one attached hydrogen (secondary N) is 2. The number of aromatic nitrogens is 4. The van der Waals surface area contributed by atoms with Gasteiger partial charge in [-0.05, 0) is 25.0 Å². The lowest BCUT2D eigenvalue weighted by atomic mass is 10.2. The average Bonchev–Trinajstić information content (AvgIpc) is 3.13. The molecule has 3 aromatic rings. The molecule has 0 spiro atoms. The summed E-state index contributed by atoms with van der Waals surface area (Å²) in [4.78, 5) is 21.6. The number of hydrogen-bond donors (Lipinski definition) is 2. The van der Waals surface area contributed by atoms with Gasteiger partial charge in [-0.25, -0.2) is 19.0 Å². The first kappa shape index (κ1) is 22.3. The highest BCUT2D eigenvalue weighted by Crippen LogP contribution is 2.25. The summed E-state index contributed by atoms with van der Waals surface area (Å²) < 4.78 is 15.6. The molecule has 3 rings (SSSR count). The summed E-state index contributed by atoms with van der Waals surface area (Å²) in [5.41, 5.74) is 0.538. The minimum atomic E-state index is -0.651. The van der Waals surface area contributed by atoms with E-state index in [1.807, 2.05) is 0 Å². The third-order valence-corrected chi connectivity index (χ3v) is 5.62. The lowest BCUT2D eigenvalue weighted by Crippen LogP contribution is -2.28. The molecule has 2 N–H and O–H groups in total. The third kappa shape index (κ3) is 5.20. The van der Waals surface area contributed by atoms with Crippen molar-refractivity contribution in [3.8, 4) is 0 Å². The normalized spacial score (nSPS) is 11.1. The van der Waals surface area contributed by atoms with E-state index in [0.717, 1.165) is 36.3 Å². The molecule has 0 radical (unpaired) electrons. The van der Waals surface area contributed by atoms with E-state index in [0.29, 0.717) is 17.3 Å². The second kappa shape index (κ2) is 10.6. The Labute approximate surface area is 183 Å². The van der Waals surface area contributed by atoms with E-state index in [1.165, 1.54) is 18.2 Å². The summed E-state index contributed by atoms with van der Waals surface area (Å²) in [5.74, 6) is 0.468. The summed E-state index contributed by atoms with van der Waals surface area (Å²) in [6, 6.07) is 4.15. The summed E-state index contributed by atoms with van der Waals surface area (Å²) in [5, 5.41) is 12.0. The molecule has 0 fully saturated rings. The van der Waals surface area contributed by atoms with Gasteiger partial charge in [0.2, 0.25) is 0 Å². The van der Waals surface area contributed by atoms with E-state index in [9.17, 15) is 9.18 Å². The van der Waals surface area contributed by atoms with Crippen molar-refractivity contribution in [2.75, 3.05) is 24.2 Å². The number of carbonyl (C=O) groups excluding carboxylic acids is 1. The Balaban J connectivity index is 1.76. The van der Waals surface area contributed by atoms with Crippen LogP contribution >= 0.6 is 23.4 Å². The van der Waals surface area contributed by atoms with Gasteiger partial charge in [0.25, 0.3) is 5.91 Å². The van der Waals surface area contributed by atoms with E-state index in [4.69, 9.17) is 11.6 Å². The Morgan fingerprint density at radius 2 is 2.07 bits per heavy atom. The van der Waals surface area contributed by atoms with E-state index in [1.54, 1.807) is 22.6 Å². The summed E-state index contributed by atoms with van der Waals surface area (Å²) in [6.07, 6.45) is 3.71. The minimum Gasteiger partial charge on any atom is -0.369 e. The monoisotopic (exact) mass is 450 g/mol. The zero-order valence-electron chi connectivity index (χ0n) is 16.9. The fourth-order valence-electron chi connectivity index (χ4n) is 2.81. The predicted molar refractivity (Wildman–Crippen MR) is 119 cm³/mol. The molecule has 2 heterocycles. The van der Waals surface area contributed by atoms with Gasteiger partial charge in [0.15, 0.2) is 10.8 Å². The van der Waals surface area contributed by atoms with Crippen LogP contribution in [0.4, 0.5) is 10.2 Å². The van der Waals surface area contributed by atoms with E-state index >= 15 is 0 Å². The van der Waals surface area contributed by atoms with Crippen molar-refractivity contribution >= 4 is 46.1 Å². The number of carbonyl (C=O) groups is 1. The van der Waals surface area contributed by atoms with Gasteiger partial charge in [-0.3, -0.25) is 4.79 Å². The van der Waals surface area contributed by atoms with Crippen LogP contribution in [0.1, 0.15) is 37.0 Å². The first-order valence-corrected chi connectivity index (χ1v) is 11.2. The van der Waals surface area contributed by atoms with Gasteiger partial charge in [-0.2, -0.15) is 5.10 Å². The molecule has 0 aliphatic rings. The fourth-order valence-corrected chi connectivity index (χ4v) is 3.76. The van der Waals surface area contributed by atoms with Gasteiger partial charge >= 0.3 is 0 Å². The number of rotatable bonds is 10. The average molecular weight is 451 g/mol. The number of amides is 1. The predicted octanol–water partition coefficient (Wildman–Crippen LogP) is 4.37. The molecule has 0 aliphatic carbocycles. The highest BCUT2D eigenvalue weighted by Gasteiger charge is 2.16. The van der Waals surface area contributed by atoms with Gasteiger partial charge in [-0.1, -0.05) is 43.3 Å². The molecule has 0 bridgehead atoms. The van der Waals surface area contributed by atoms with Gasteiger partial charge in [0.1, 0.15) is 11.6 Å². The van der Waals surface area contributed by atoms with Gasteiger partial charge in [0, 0.05) is 18.8 Å². The van der Waals surface area contributed by atoms with Crippen molar-refractivity contribution in [3.05, 3.63) is 40.8 Å². The number of nitrogens with zero attached hydrogens (tertiary/aromatic N) is 4. The Hall–Kier alpha value is -2.39. The molecule has 0 unspecified atom stereocenters. The number of thioether (sulfide) groups is 1. The largest absolute Gasteiger partial charge is 0.369 e. The minimum absolute atomic E-state index is 0.0778. The maximum absolute atomic E-state index is 13.9. The lowest BCUT2D eigenvalue weighted by Gasteiger charge is -2.10. The first-order chi connectivity index (χ1) is 14.5. The fraction of sp³-hybridized carbons (Fsp3) is 0.400. The Bertz CT molecular complexity index is 1010. The van der Waals surface area contributed by atoms with Crippen molar-refractivity contribution in [3.63, 3.8) is 0 Å². The molecular formula is C20H24ClFN6OS. The van der Waals surface area contributed by atoms with Crippen molar-refractivity contribution < 1.29 is 9.18 Å². The summed E-state index contributed by atoms with van der Waals surface area (Å²) in [6.45, 7) is 5.63. The maximum atomic E-state index is 13.9. The quantitative estimate of drug-likeness (QED) is 0.352. The molecule has 1 amide bonds. The van der Waals surface area contributed by atoms with Crippen molar-refractivity contribution in [2.45, 2.75) is 38.4 Å². The van der Waals surface area contributed by atoms with Crippen LogP contribution in [0.15, 0.2) is 29.6 Å². The zero-order valence-corrected chi connectivity index (χ0v) is 18.5. The van der Waals surface area contributed by atoms with Gasteiger partial charge in [-0.15, -0.1) is 0 Å². The molecule has 0 saturated heterocycles. The smallest absolute Gasteiger partial charge is 0.255 e. The summed E-state index contributed by atoms with van der Waals surface area (Å²) >= 11 is 7.55. The molecule has 0 aliphatic heterocycles. The molecule has 160 valence electrons. The number of hydrogen-bond acceptors (Lipinski definition) is 6. The Morgan fingerprint density at radius 3 is 2.80 bits per heavy atom. The summed E-state index contributed by atoms with van der Waals surface area (Å²) in [7, 11) is 0. The van der Waals surface area contributed by atoms with E-state index < -0.39 is 11.7 Å². The van der Waals surface area contributed by atoms with Crippen LogP contribution in [-0.4, -0.2) is 44.5 Å². The molecule has 0 atom stereocenters. The number of benzene rings is 1. The molecule has 0 saturated carbocycles. The third-order valence-electron chi connectivity index (χ3n) is 4.25. The molecule has 10 heteroatoms. The zero-order chi connectivity index (χ0) is 21.5. The molecule has 7 nitrogen and oxygen atoms in total. The molecule has 30 heavy (non-hydrogen) atoms. The van der Waals surface area contributed by atoms with Crippen LogP contribution in [0, 0.1) is 5.82 Å². The second-order valence-electron chi connectivity index (χ2n) is 6.59. The van der Waals surface area contributed by atoms with Gasteiger partial charge < -0.3 is 10.6 Å². The Kier molecular flexibility index (Phi) is 7.87. The highest BCUT2D eigenvalue weighted by atomic mass is 35.5. The van der Waals surface area contributed by atoms with Gasteiger partial charge in [0.05, 0.1) is 28.7 Å². The topological polar surface area (TPSA) is 84.7 Å². The highest BCUT2D eigenvalue weighted by molar-refractivity contribution is 7.99. The number of anilines is 1. The standard InChI is InChI=1S/C20H24ClFN6OS/c1-3-8-23-17-13-12-25-28(18(13)27-20(26-17)30-11-4-2)10-9-24-19(29)16-14(21)6-5-7-15(16)22/h5-7,12H,3-4,8-11H2,1-2H3,(H,24,29)(H,23,26,27). The second-order valence-corrected chi connectivity index (χ2v) is 8.06. The van der Waals surface area contributed by atoms with Crippen LogP contribution in [-0.2, 0) is 6.54 Å². The first-order valence-electron chi connectivity index (χ1n) is 9.87. The van der Waals surface area contributed by atoms with Crippen molar-refractivity contribution in [1.82, 2.24) is 25.1 Å². The molecule has 1 aromatic carbocycles. The van der Waals surface area contributed by atoms with Crippen LogP contribution in [0.3, 0.4) is 0 Å². The van der Waals surface area contributed by atoms with Crippen LogP contribution in [0.25, 0.3) is 11.0 Å².